The number of halogens is 1. The first-order chi connectivity index (χ1) is 8.24. The van der Waals surface area contributed by atoms with Crippen LogP contribution in [0.25, 0.3) is 0 Å². The Kier molecular flexibility index (Phi) is 4.13. The van der Waals surface area contributed by atoms with E-state index in [0.29, 0.717) is 13.2 Å². The maximum atomic E-state index is 6.34. The third-order valence-corrected chi connectivity index (χ3v) is 3.49. The van der Waals surface area contributed by atoms with E-state index in [0.717, 1.165) is 53.5 Å². The fourth-order valence-corrected chi connectivity index (χ4v) is 2.27. The smallest absolute Gasteiger partial charge is 0.165 e. The van der Waals surface area contributed by atoms with Gasteiger partial charge in [-0.1, -0.05) is 11.6 Å². The van der Waals surface area contributed by atoms with Gasteiger partial charge in [0.25, 0.3) is 0 Å². The van der Waals surface area contributed by atoms with Crippen molar-refractivity contribution in [1.82, 2.24) is 0 Å². The summed E-state index contributed by atoms with van der Waals surface area (Å²) in [4.78, 5) is 0. The lowest BCUT2D eigenvalue weighted by Crippen LogP contribution is -2.16. The lowest BCUT2D eigenvalue weighted by molar-refractivity contribution is 0.170. The van der Waals surface area contributed by atoms with Crippen LogP contribution in [-0.2, 0) is 6.42 Å². The summed E-state index contributed by atoms with van der Waals surface area (Å²) < 4.78 is 11.2. The average Bonchev–Trinajstić information content (AvgIpc) is 2.35. The number of hydrogen-bond donors (Lipinski definition) is 1. The lowest BCUT2D eigenvalue weighted by atomic mass is 10.0. The van der Waals surface area contributed by atoms with Gasteiger partial charge < -0.3 is 15.2 Å². The molecular weight excluding hydrogens is 238 g/mol. The van der Waals surface area contributed by atoms with E-state index in [9.17, 15) is 0 Å². The zero-order valence-corrected chi connectivity index (χ0v) is 10.8. The van der Waals surface area contributed by atoms with Gasteiger partial charge in [-0.15, -0.1) is 0 Å². The lowest BCUT2D eigenvalue weighted by Gasteiger charge is -2.22. The Labute approximate surface area is 107 Å². The Morgan fingerprint density at radius 2 is 2.06 bits per heavy atom. The molecule has 0 atom stereocenters. The maximum absolute atomic E-state index is 6.34. The van der Waals surface area contributed by atoms with Crippen molar-refractivity contribution in [3.8, 4) is 11.5 Å². The van der Waals surface area contributed by atoms with Crippen molar-refractivity contribution in [1.29, 1.82) is 0 Å². The molecule has 1 heterocycles. The van der Waals surface area contributed by atoms with Gasteiger partial charge in [0, 0.05) is 5.56 Å². The molecule has 1 aliphatic heterocycles. The normalized spacial score (nSPS) is 13.8. The van der Waals surface area contributed by atoms with Crippen LogP contribution >= 0.6 is 11.6 Å². The summed E-state index contributed by atoms with van der Waals surface area (Å²) in [6, 6.07) is 2.00. The Bertz CT molecular complexity index is 407. The van der Waals surface area contributed by atoms with Crippen molar-refractivity contribution < 1.29 is 9.47 Å². The summed E-state index contributed by atoms with van der Waals surface area (Å²) in [5, 5.41) is 0.797. The number of nitrogens with two attached hydrogens (primary N) is 1. The van der Waals surface area contributed by atoms with Crippen molar-refractivity contribution in [2.45, 2.75) is 26.2 Å². The van der Waals surface area contributed by atoms with Gasteiger partial charge in [-0.05, 0) is 44.4 Å². The highest BCUT2D eigenvalue weighted by Crippen LogP contribution is 2.40. The first kappa shape index (κ1) is 12.5. The first-order valence-electron chi connectivity index (χ1n) is 6.01. The van der Waals surface area contributed by atoms with Crippen LogP contribution in [0.5, 0.6) is 11.5 Å². The van der Waals surface area contributed by atoms with Crippen molar-refractivity contribution in [3.05, 3.63) is 22.2 Å². The summed E-state index contributed by atoms with van der Waals surface area (Å²) in [6.07, 6.45) is 3.01. The molecule has 0 spiro atoms. The molecule has 0 fully saturated rings. The van der Waals surface area contributed by atoms with E-state index in [1.54, 1.807) is 0 Å². The van der Waals surface area contributed by atoms with Crippen molar-refractivity contribution in [2.75, 3.05) is 19.8 Å². The second-order valence-corrected chi connectivity index (χ2v) is 4.62. The number of fused-ring (bicyclic) bond motifs is 1. The van der Waals surface area contributed by atoms with Crippen LogP contribution in [0.4, 0.5) is 0 Å². The van der Waals surface area contributed by atoms with Crippen LogP contribution in [0.3, 0.4) is 0 Å². The summed E-state index contributed by atoms with van der Waals surface area (Å²) >= 11 is 6.34. The zero-order valence-electron chi connectivity index (χ0n) is 10.1. The second kappa shape index (κ2) is 5.61. The first-order valence-corrected chi connectivity index (χ1v) is 6.39. The van der Waals surface area contributed by atoms with Gasteiger partial charge in [-0.25, -0.2) is 0 Å². The Morgan fingerprint density at radius 1 is 1.29 bits per heavy atom. The molecule has 1 aromatic rings. The summed E-state index contributed by atoms with van der Waals surface area (Å²) in [5.74, 6) is 1.62. The molecule has 2 N–H and O–H groups in total. The van der Waals surface area contributed by atoms with Crippen LogP contribution in [0, 0.1) is 6.92 Å². The number of aryl methyl sites for hydroxylation is 1. The average molecular weight is 256 g/mol. The predicted molar refractivity (Wildman–Crippen MR) is 69.2 cm³/mol. The molecule has 0 radical (unpaired) electrons. The molecule has 3 nitrogen and oxygen atoms in total. The third-order valence-electron chi connectivity index (χ3n) is 2.97. The van der Waals surface area contributed by atoms with Crippen molar-refractivity contribution in [3.63, 3.8) is 0 Å². The van der Waals surface area contributed by atoms with E-state index in [-0.39, 0.29) is 0 Å². The molecule has 0 unspecified atom stereocenters. The Balaban J connectivity index is 2.24. The van der Waals surface area contributed by atoms with E-state index in [4.69, 9.17) is 26.8 Å². The van der Waals surface area contributed by atoms with Crippen molar-refractivity contribution >= 4 is 11.6 Å². The molecule has 0 saturated heterocycles. The third kappa shape index (κ3) is 2.67. The minimum Gasteiger partial charge on any atom is -0.486 e. The molecule has 0 saturated carbocycles. The zero-order chi connectivity index (χ0) is 12.3. The number of rotatable bonds is 4. The molecule has 0 aliphatic carbocycles. The molecular formula is C13H18ClNO2. The molecule has 0 aromatic heterocycles. The van der Waals surface area contributed by atoms with Crippen LogP contribution in [0.1, 0.15) is 24.0 Å². The minimum atomic E-state index is 0.594. The van der Waals surface area contributed by atoms with Gasteiger partial charge in [-0.3, -0.25) is 0 Å². The molecule has 4 heteroatoms. The van der Waals surface area contributed by atoms with Crippen LogP contribution in [-0.4, -0.2) is 19.8 Å². The SMILES string of the molecule is Cc1c(Cl)c(CCCCN)cc2c1OCCO2. The topological polar surface area (TPSA) is 44.5 Å². The maximum Gasteiger partial charge on any atom is 0.165 e. The van der Waals surface area contributed by atoms with Crippen LogP contribution < -0.4 is 15.2 Å². The summed E-state index contributed by atoms with van der Waals surface area (Å²) in [7, 11) is 0. The molecule has 0 bridgehead atoms. The van der Waals surface area contributed by atoms with E-state index in [1.807, 2.05) is 13.0 Å². The Hall–Kier alpha value is -0.930. The highest BCUT2D eigenvalue weighted by atomic mass is 35.5. The van der Waals surface area contributed by atoms with Crippen LogP contribution in [0.15, 0.2) is 6.07 Å². The predicted octanol–water partition coefficient (Wildman–Crippen LogP) is 2.70. The highest BCUT2D eigenvalue weighted by Gasteiger charge is 2.19. The van der Waals surface area contributed by atoms with E-state index in [1.165, 1.54) is 0 Å². The molecule has 17 heavy (non-hydrogen) atoms. The largest absolute Gasteiger partial charge is 0.486 e. The molecule has 1 aliphatic rings. The summed E-state index contributed by atoms with van der Waals surface area (Å²) in [5.41, 5.74) is 7.60. The quantitative estimate of drug-likeness (QED) is 0.842. The van der Waals surface area contributed by atoms with Crippen LogP contribution in [0.2, 0.25) is 5.02 Å². The standard InChI is InChI=1S/C13H18ClNO2/c1-9-12(14)10(4-2-3-5-15)8-11-13(9)17-7-6-16-11/h8H,2-7,15H2,1H3. The van der Waals surface area contributed by atoms with Gasteiger partial charge in [0.05, 0.1) is 5.02 Å². The molecule has 0 amide bonds. The van der Waals surface area contributed by atoms with E-state index >= 15 is 0 Å². The molecule has 2 rings (SSSR count). The number of hydrogen-bond acceptors (Lipinski definition) is 3. The number of ether oxygens (including phenoxy) is 2. The fourth-order valence-electron chi connectivity index (χ4n) is 2.04. The minimum absolute atomic E-state index is 0.594. The van der Waals surface area contributed by atoms with E-state index in [2.05, 4.69) is 0 Å². The molecule has 1 aromatic carbocycles. The van der Waals surface area contributed by atoms with Gasteiger partial charge in [0.15, 0.2) is 11.5 Å². The summed E-state index contributed by atoms with van der Waals surface area (Å²) in [6.45, 7) is 3.90. The monoisotopic (exact) mass is 255 g/mol. The number of benzene rings is 1. The van der Waals surface area contributed by atoms with Crippen molar-refractivity contribution in [2.24, 2.45) is 5.73 Å². The second-order valence-electron chi connectivity index (χ2n) is 4.24. The fraction of sp³-hybridized carbons (Fsp3) is 0.538. The van der Waals surface area contributed by atoms with Gasteiger partial charge in [-0.2, -0.15) is 0 Å². The van der Waals surface area contributed by atoms with Gasteiger partial charge in [0.2, 0.25) is 0 Å². The van der Waals surface area contributed by atoms with E-state index < -0.39 is 0 Å². The van der Waals surface area contributed by atoms with Gasteiger partial charge >= 0.3 is 0 Å². The Morgan fingerprint density at radius 3 is 2.82 bits per heavy atom. The van der Waals surface area contributed by atoms with Gasteiger partial charge in [0.1, 0.15) is 13.2 Å². The molecule has 94 valence electrons. The highest BCUT2D eigenvalue weighted by molar-refractivity contribution is 6.32. The number of unbranched alkanes of at least 4 members (excludes halogenated alkanes) is 1.